The topological polar surface area (TPSA) is 34.1 Å². The monoisotopic (exact) mass is 528 g/mol. The maximum absolute atomic E-state index is 13.6. The maximum Gasteiger partial charge on any atom is 0.162 e. The van der Waals surface area contributed by atoms with Crippen LogP contribution in [0, 0.1) is 5.82 Å². The van der Waals surface area contributed by atoms with Crippen LogP contribution in [-0.2, 0) is 13.2 Å². The smallest absolute Gasteiger partial charge is 0.162 e. The zero-order valence-corrected chi connectivity index (χ0v) is 22.0. The first-order chi connectivity index (χ1) is 19.7. The van der Waals surface area contributed by atoms with Crippen molar-refractivity contribution in [3.8, 4) is 11.5 Å². The first-order valence-electron chi connectivity index (χ1n) is 13.4. The molecule has 0 N–H and O–H groups in total. The molecule has 1 aliphatic heterocycles. The zero-order valence-electron chi connectivity index (χ0n) is 22.0. The summed E-state index contributed by atoms with van der Waals surface area (Å²) in [4.78, 5) is 0. The molecule has 0 amide bonds. The molecule has 1 aliphatic rings. The normalized spacial score (nSPS) is 14.6. The standard InChI is InChI=1S/C35H29FN2O2/c36-30-19-16-28(17-20-30)32-23-33(38(37-32)31-14-8-3-9-15-31)29-18-21-34(39-24-26-10-4-1-5-11-26)35(22-29)40-25-27-12-6-2-7-13-27/h1-22,33H,23-25H2. The molecule has 0 spiro atoms. The van der Waals surface area contributed by atoms with Crippen molar-refractivity contribution in [2.24, 2.45) is 5.10 Å². The van der Waals surface area contributed by atoms with Crippen molar-refractivity contribution in [1.82, 2.24) is 0 Å². The molecule has 0 fully saturated rings. The third-order valence-electron chi connectivity index (χ3n) is 6.94. The Morgan fingerprint density at radius 1 is 0.650 bits per heavy atom. The van der Waals surface area contributed by atoms with E-state index >= 15 is 0 Å². The van der Waals surface area contributed by atoms with Crippen LogP contribution in [0.25, 0.3) is 0 Å². The molecule has 0 aliphatic carbocycles. The summed E-state index contributed by atoms with van der Waals surface area (Å²) >= 11 is 0. The van der Waals surface area contributed by atoms with Gasteiger partial charge in [-0.05, 0) is 58.7 Å². The number of hydrogen-bond donors (Lipinski definition) is 0. The fourth-order valence-electron chi connectivity index (χ4n) is 4.84. The molecule has 5 heteroatoms. The second-order valence-corrected chi connectivity index (χ2v) is 9.71. The molecule has 0 saturated heterocycles. The van der Waals surface area contributed by atoms with Crippen LogP contribution in [0.5, 0.6) is 11.5 Å². The average Bonchev–Trinajstić information content (AvgIpc) is 3.47. The van der Waals surface area contributed by atoms with Gasteiger partial charge in [0.15, 0.2) is 11.5 Å². The summed E-state index contributed by atoms with van der Waals surface area (Å²) < 4.78 is 26.2. The van der Waals surface area contributed by atoms with E-state index in [9.17, 15) is 4.39 Å². The Morgan fingerprint density at radius 2 is 1.23 bits per heavy atom. The summed E-state index contributed by atoms with van der Waals surface area (Å²) in [6, 6.07) is 42.9. The summed E-state index contributed by atoms with van der Waals surface area (Å²) in [5.74, 6) is 1.11. The number of para-hydroxylation sites is 1. The molecular weight excluding hydrogens is 499 g/mol. The minimum atomic E-state index is -0.259. The lowest BCUT2D eigenvalue weighted by molar-refractivity contribution is 0.255. The fraction of sp³-hybridized carbons (Fsp3) is 0.114. The minimum Gasteiger partial charge on any atom is -0.485 e. The Morgan fingerprint density at radius 3 is 1.85 bits per heavy atom. The third-order valence-corrected chi connectivity index (χ3v) is 6.94. The highest BCUT2D eigenvalue weighted by Crippen LogP contribution is 2.40. The minimum absolute atomic E-state index is 0.0651. The van der Waals surface area contributed by atoms with Gasteiger partial charge in [0.1, 0.15) is 19.0 Å². The van der Waals surface area contributed by atoms with Crippen molar-refractivity contribution in [3.63, 3.8) is 0 Å². The van der Waals surface area contributed by atoms with Gasteiger partial charge in [-0.2, -0.15) is 5.10 Å². The summed E-state index contributed by atoms with van der Waals surface area (Å²) in [6.07, 6.45) is 0.670. The molecule has 1 unspecified atom stereocenters. The van der Waals surface area contributed by atoms with E-state index in [4.69, 9.17) is 14.6 Å². The SMILES string of the molecule is Fc1ccc(C2=NN(c3ccccc3)C(c3ccc(OCc4ccccc4)c(OCc4ccccc4)c3)C2)cc1. The number of ether oxygens (including phenoxy) is 2. The predicted octanol–water partition coefficient (Wildman–Crippen LogP) is 8.34. The predicted molar refractivity (Wildman–Crippen MR) is 157 cm³/mol. The van der Waals surface area contributed by atoms with Crippen LogP contribution in [-0.4, -0.2) is 5.71 Å². The van der Waals surface area contributed by atoms with Gasteiger partial charge in [-0.25, -0.2) is 4.39 Å². The highest BCUT2D eigenvalue weighted by atomic mass is 19.1. The number of nitrogens with zero attached hydrogens (tertiary/aromatic N) is 2. The Hall–Kier alpha value is -4.90. The number of halogens is 1. The summed E-state index contributed by atoms with van der Waals surface area (Å²) in [6.45, 7) is 0.871. The molecule has 0 bridgehead atoms. The fourth-order valence-corrected chi connectivity index (χ4v) is 4.84. The van der Waals surface area contributed by atoms with Gasteiger partial charge in [0.25, 0.3) is 0 Å². The van der Waals surface area contributed by atoms with Crippen LogP contribution in [0.4, 0.5) is 10.1 Å². The van der Waals surface area contributed by atoms with Crippen LogP contribution in [0.1, 0.15) is 34.7 Å². The van der Waals surface area contributed by atoms with Crippen molar-refractivity contribution < 1.29 is 13.9 Å². The van der Waals surface area contributed by atoms with E-state index in [1.807, 2.05) is 102 Å². The highest BCUT2D eigenvalue weighted by Gasteiger charge is 2.30. The molecule has 198 valence electrons. The summed E-state index contributed by atoms with van der Waals surface area (Å²) in [5.41, 5.74) is 6.03. The number of benzene rings is 5. The Kier molecular flexibility index (Phi) is 7.53. The molecular formula is C35H29FN2O2. The van der Waals surface area contributed by atoms with E-state index in [1.165, 1.54) is 12.1 Å². The van der Waals surface area contributed by atoms with Gasteiger partial charge in [0.05, 0.1) is 17.4 Å². The molecule has 0 aromatic heterocycles. The van der Waals surface area contributed by atoms with Gasteiger partial charge in [-0.1, -0.05) is 97.1 Å². The largest absolute Gasteiger partial charge is 0.485 e. The van der Waals surface area contributed by atoms with Crippen LogP contribution in [0.15, 0.2) is 139 Å². The summed E-state index contributed by atoms with van der Waals surface area (Å²) in [5, 5.41) is 7.03. The molecule has 5 aromatic rings. The lowest BCUT2D eigenvalue weighted by Crippen LogP contribution is -2.18. The van der Waals surface area contributed by atoms with Gasteiger partial charge < -0.3 is 9.47 Å². The molecule has 0 saturated carbocycles. The second-order valence-electron chi connectivity index (χ2n) is 9.71. The molecule has 0 radical (unpaired) electrons. The van der Waals surface area contributed by atoms with Crippen molar-refractivity contribution in [1.29, 1.82) is 0 Å². The quantitative estimate of drug-likeness (QED) is 0.193. The average molecular weight is 529 g/mol. The van der Waals surface area contributed by atoms with Crippen LogP contribution < -0.4 is 14.5 Å². The van der Waals surface area contributed by atoms with Crippen molar-refractivity contribution in [2.75, 3.05) is 5.01 Å². The number of hydrazone groups is 1. The summed E-state index contributed by atoms with van der Waals surface area (Å²) in [7, 11) is 0. The molecule has 6 rings (SSSR count). The molecule has 5 aromatic carbocycles. The Labute approximate surface area is 233 Å². The lowest BCUT2D eigenvalue weighted by Gasteiger charge is -2.25. The van der Waals surface area contributed by atoms with E-state index in [1.54, 1.807) is 12.1 Å². The number of rotatable bonds is 9. The number of hydrogen-bond acceptors (Lipinski definition) is 4. The van der Waals surface area contributed by atoms with E-state index in [0.717, 1.165) is 33.7 Å². The van der Waals surface area contributed by atoms with Crippen LogP contribution in [0.3, 0.4) is 0 Å². The Balaban J connectivity index is 1.32. The van der Waals surface area contributed by atoms with E-state index in [2.05, 4.69) is 12.1 Å². The van der Waals surface area contributed by atoms with E-state index in [-0.39, 0.29) is 11.9 Å². The van der Waals surface area contributed by atoms with Gasteiger partial charge >= 0.3 is 0 Å². The molecule has 4 nitrogen and oxygen atoms in total. The first kappa shape index (κ1) is 25.4. The second kappa shape index (κ2) is 11.9. The highest BCUT2D eigenvalue weighted by molar-refractivity contribution is 6.03. The third kappa shape index (κ3) is 5.89. The number of anilines is 1. The van der Waals surface area contributed by atoms with Crippen LogP contribution >= 0.6 is 0 Å². The van der Waals surface area contributed by atoms with Crippen LogP contribution in [0.2, 0.25) is 0 Å². The first-order valence-corrected chi connectivity index (χ1v) is 13.4. The van der Waals surface area contributed by atoms with E-state index < -0.39 is 0 Å². The van der Waals surface area contributed by atoms with Gasteiger partial charge in [0, 0.05) is 6.42 Å². The molecule has 1 heterocycles. The molecule has 40 heavy (non-hydrogen) atoms. The lowest BCUT2D eigenvalue weighted by atomic mass is 9.97. The van der Waals surface area contributed by atoms with Crippen molar-refractivity contribution in [2.45, 2.75) is 25.7 Å². The van der Waals surface area contributed by atoms with Gasteiger partial charge in [0.2, 0.25) is 0 Å². The molecule has 1 atom stereocenters. The van der Waals surface area contributed by atoms with Crippen molar-refractivity contribution >= 4 is 11.4 Å². The van der Waals surface area contributed by atoms with Crippen molar-refractivity contribution in [3.05, 3.63) is 162 Å². The maximum atomic E-state index is 13.6. The Bertz CT molecular complexity index is 1570. The van der Waals surface area contributed by atoms with Gasteiger partial charge in [-0.15, -0.1) is 0 Å². The van der Waals surface area contributed by atoms with E-state index in [0.29, 0.717) is 31.1 Å². The van der Waals surface area contributed by atoms with Gasteiger partial charge in [-0.3, -0.25) is 5.01 Å². The zero-order chi connectivity index (χ0) is 27.1.